The summed E-state index contributed by atoms with van der Waals surface area (Å²) in [6, 6.07) is 8.38. The second-order valence-corrected chi connectivity index (χ2v) is 8.88. The molecule has 0 bridgehead atoms. The number of aryl methyl sites for hydroxylation is 4. The third-order valence-electron chi connectivity index (χ3n) is 5.46. The molecule has 162 valence electrons. The molecule has 7 nitrogen and oxygen atoms in total. The van der Waals surface area contributed by atoms with Crippen LogP contribution in [-0.4, -0.2) is 62.3 Å². The summed E-state index contributed by atoms with van der Waals surface area (Å²) in [7, 11) is 0. The van der Waals surface area contributed by atoms with Gasteiger partial charge in [-0.25, -0.2) is 15.0 Å². The molecule has 0 aliphatic carbocycles. The summed E-state index contributed by atoms with van der Waals surface area (Å²) in [5.74, 6) is 2.26. The van der Waals surface area contributed by atoms with Crippen molar-refractivity contribution in [3.05, 3.63) is 59.3 Å². The molecule has 8 heteroatoms. The fraction of sp³-hybridized carbons (Fsp3) is 0.391. The highest BCUT2D eigenvalue weighted by molar-refractivity contribution is 7.99. The topological polar surface area (TPSA) is 67.2 Å². The third kappa shape index (κ3) is 4.90. The second kappa shape index (κ2) is 9.09. The van der Waals surface area contributed by atoms with Crippen LogP contribution in [0.1, 0.15) is 22.6 Å². The standard InChI is InChI=1S/C23H28N6OS/c1-16-5-6-17(2)20(13-16)29-8-7-24-23(29)31-15-22(30)28-11-9-27(10-12-28)21-14-18(3)25-19(4)26-21/h5-8,13-14H,9-12,15H2,1-4H3. The third-order valence-corrected chi connectivity index (χ3v) is 6.42. The van der Waals surface area contributed by atoms with E-state index in [4.69, 9.17) is 0 Å². The first-order valence-electron chi connectivity index (χ1n) is 10.5. The summed E-state index contributed by atoms with van der Waals surface area (Å²) in [5.41, 5.74) is 4.46. The Balaban J connectivity index is 1.36. The van der Waals surface area contributed by atoms with Crippen LogP contribution in [0.4, 0.5) is 5.82 Å². The molecule has 3 aromatic rings. The van der Waals surface area contributed by atoms with E-state index in [1.807, 2.05) is 31.0 Å². The molecular weight excluding hydrogens is 408 g/mol. The van der Waals surface area contributed by atoms with Gasteiger partial charge < -0.3 is 9.80 Å². The van der Waals surface area contributed by atoms with Crippen molar-refractivity contribution in [2.45, 2.75) is 32.9 Å². The van der Waals surface area contributed by atoms with E-state index in [9.17, 15) is 4.79 Å². The van der Waals surface area contributed by atoms with Gasteiger partial charge in [-0.15, -0.1) is 0 Å². The zero-order chi connectivity index (χ0) is 22.0. The van der Waals surface area contributed by atoms with E-state index in [0.29, 0.717) is 18.8 Å². The molecule has 31 heavy (non-hydrogen) atoms. The predicted molar refractivity (Wildman–Crippen MR) is 124 cm³/mol. The summed E-state index contributed by atoms with van der Waals surface area (Å²) in [6.45, 7) is 11.0. The highest BCUT2D eigenvalue weighted by atomic mass is 32.2. The lowest BCUT2D eigenvalue weighted by molar-refractivity contribution is -0.128. The van der Waals surface area contributed by atoms with Gasteiger partial charge in [0, 0.05) is 50.3 Å². The summed E-state index contributed by atoms with van der Waals surface area (Å²) in [5, 5.41) is 0.840. The van der Waals surface area contributed by atoms with Crippen LogP contribution in [0.5, 0.6) is 0 Å². The molecule has 3 heterocycles. The van der Waals surface area contributed by atoms with Crippen LogP contribution >= 0.6 is 11.8 Å². The first kappa shape index (κ1) is 21.4. The molecule has 4 rings (SSSR count). The van der Waals surface area contributed by atoms with Crippen LogP contribution in [0, 0.1) is 27.7 Å². The van der Waals surface area contributed by atoms with Gasteiger partial charge >= 0.3 is 0 Å². The molecule has 0 saturated carbocycles. The average Bonchev–Trinajstić information content (AvgIpc) is 3.21. The minimum absolute atomic E-state index is 0.148. The molecule has 0 atom stereocenters. The molecule has 1 aliphatic heterocycles. The molecule has 1 saturated heterocycles. The number of imidazole rings is 1. The van der Waals surface area contributed by atoms with Gasteiger partial charge in [0.25, 0.3) is 0 Å². The summed E-state index contributed by atoms with van der Waals surface area (Å²) in [4.78, 5) is 30.4. The number of amides is 1. The number of hydrogen-bond acceptors (Lipinski definition) is 6. The summed E-state index contributed by atoms with van der Waals surface area (Å²) in [6.07, 6.45) is 3.75. The lowest BCUT2D eigenvalue weighted by Crippen LogP contribution is -2.49. The van der Waals surface area contributed by atoms with E-state index in [1.54, 1.807) is 6.20 Å². The molecule has 2 aromatic heterocycles. The van der Waals surface area contributed by atoms with Crippen molar-refractivity contribution in [1.82, 2.24) is 24.4 Å². The van der Waals surface area contributed by atoms with E-state index >= 15 is 0 Å². The van der Waals surface area contributed by atoms with Crippen molar-refractivity contribution >= 4 is 23.5 Å². The molecule has 1 fully saturated rings. The van der Waals surface area contributed by atoms with Crippen LogP contribution in [0.15, 0.2) is 41.8 Å². The number of anilines is 1. The molecular formula is C23H28N6OS. The van der Waals surface area contributed by atoms with Crippen molar-refractivity contribution in [3.8, 4) is 5.69 Å². The number of benzene rings is 1. The SMILES string of the molecule is Cc1ccc(C)c(-n2ccnc2SCC(=O)N2CCN(c3cc(C)nc(C)n3)CC2)c1. The van der Waals surface area contributed by atoms with Gasteiger partial charge in [0.15, 0.2) is 5.16 Å². The Labute approximate surface area is 187 Å². The van der Waals surface area contributed by atoms with Gasteiger partial charge in [-0.3, -0.25) is 9.36 Å². The maximum atomic E-state index is 12.8. The maximum Gasteiger partial charge on any atom is 0.233 e. The van der Waals surface area contributed by atoms with Crippen LogP contribution in [0.2, 0.25) is 0 Å². The zero-order valence-corrected chi connectivity index (χ0v) is 19.3. The van der Waals surface area contributed by atoms with Crippen molar-refractivity contribution < 1.29 is 4.79 Å². The summed E-state index contributed by atoms with van der Waals surface area (Å²) < 4.78 is 2.07. The fourth-order valence-electron chi connectivity index (χ4n) is 3.82. The Hall–Kier alpha value is -2.87. The second-order valence-electron chi connectivity index (χ2n) is 7.94. The first-order valence-corrected chi connectivity index (χ1v) is 11.5. The molecule has 0 unspecified atom stereocenters. The minimum Gasteiger partial charge on any atom is -0.353 e. The Morgan fingerprint density at radius 2 is 1.81 bits per heavy atom. The van der Waals surface area contributed by atoms with Crippen LogP contribution in [0.25, 0.3) is 5.69 Å². The van der Waals surface area contributed by atoms with Crippen molar-refractivity contribution in [2.24, 2.45) is 0 Å². The van der Waals surface area contributed by atoms with E-state index in [1.165, 1.54) is 22.9 Å². The quantitative estimate of drug-likeness (QED) is 0.572. The smallest absolute Gasteiger partial charge is 0.233 e. The Bertz CT molecular complexity index is 1070. The minimum atomic E-state index is 0.148. The lowest BCUT2D eigenvalue weighted by atomic mass is 10.1. The van der Waals surface area contributed by atoms with Crippen LogP contribution in [0.3, 0.4) is 0 Å². The van der Waals surface area contributed by atoms with Crippen molar-refractivity contribution in [1.29, 1.82) is 0 Å². The van der Waals surface area contributed by atoms with E-state index in [0.717, 1.165) is 41.3 Å². The van der Waals surface area contributed by atoms with Gasteiger partial charge in [0.05, 0.1) is 11.4 Å². The fourth-order valence-corrected chi connectivity index (χ4v) is 4.69. The van der Waals surface area contributed by atoms with Gasteiger partial charge in [0.2, 0.25) is 5.91 Å². The Morgan fingerprint density at radius 3 is 2.55 bits per heavy atom. The highest BCUT2D eigenvalue weighted by Gasteiger charge is 2.23. The van der Waals surface area contributed by atoms with Crippen molar-refractivity contribution in [2.75, 3.05) is 36.8 Å². The molecule has 0 radical (unpaired) electrons. The molecule has 1 aliphatic rings. The highest BCUT2D eigenvalue weighted by Crippen LogP contribution is 2.24. The normalized spacial score (nSPS) is 14.2. The number of carbonyl (C=O) groups is 1. The first-order chi connectivity index (χ1) is 14.9. The van der Waals surface area contributed by atoms with Gasteiger partial charge in [-0.05, 0) is 44.9 Å². The number of carbonyl (C=O) groups excluding carboxylic acids is 1. The molecule has 1 aromatic carbocycles. The van der Waals surface area contributed by atoms with Gasteiger partial charge in [-0.1, -0.05) is 23.9 Å². The Kier molecular flexibility index (Phi) is 6.27. The molecule has 0 spiro atoms. The molecule has 0 N–H and O–H groups in total. The zero-order valence-electron chi connectivity index (χ0n) is 18.5. The monoisotopic (exact) mass is 436 g/mol. The van der Waals surface area contributed by atoms with Gasteiger partial charge in [0.1, 0.15) is 11.6 Å². The summed E-state index contributed by atoms with van der Waals surface area (Å²) >= 11 is 1.49. The number of piperazine rings is 1. The maximum absolute atomic E-state index is 12.8. The largest absolute Gasteiger partial charge is 0.353 e. The Morgan fingerprint density at radius 1 is 1.03 bits per heavy atom. The van der Waals surface area contributed by atoms with E-state index in [-0.39, 0.29) is 5.91 Å². The number of hydrogen-bond donors (Lipinski definition) is 0. The lowest BCUT2D eigenvalue weighted by Gasteiger charge is -2.35. The van der Waals surface area contributed by atoms with Gasteiger partial charge in [-0.2, -0.15) is 0 Å². The van der Waals surface area contributed by atoms with Crippen LogP contribution in [-0.2, 0) is 4.79 Å². The van der Waals surface area contributed by atoms with E-state index in [2.05, 4.69) is 56.5 Å². The van der Waals surface area contributed by atoms with Crippen molar-refractivity contribution in [3.63, 3.8) is 0 Å². The predicted octanol–water partition coefficient (Wildman–Crippen LogP) is 3.34. The number of rotatable bonds is 5. The van der Waals surface area contributed by atoms with E-state index < -0.39 is 0 Å². The van der Waals surface area contributed by atoms with Crippen LogP contribution < -0.4 is 4.90 Å². The molecule has 1 amide bonds. The number of nitrogens with zero attached hydrogens (tertiary/aromatic N) is 6. The average molecular weight is 437 g/mol. The number of aromatic nitrogens is 4. The number of thioether (sulfide) groups is 1.